The van der Waals surface area contributed by atoms with Crippen LogP contribution in [-0.2, 0) is 4.79 Å². The summed E-state index contributed by atoms with van der Waals surface area (Å²) in [6.45, 7) is 1.45. The van der Waals surface area contributed by atoms with E-state index in [1.807, 2.05) is 11.0 Å². The average Bonchev–Trinajstić information content (AvgIpc) is 3.22. The second kappa shape index (κ2) is 7.62. The maximum Gasteiger partial charge on any atom is 0.225 e. The Hall–Kier alpha value is -2.50. The zero-order valence-electron chi connectivity index (χ0n) is 15.4. The van der Waals surface area contributed by atoms with E-state index in [9.17, 15) is 9.18 Å². The minimum absolute atomic E-state index is 0.0904. The third-order valence-corrected chi connectivity index (χ3v) is 5.80. The number of hydrogen-bond donors (Lipinski definition) is 1. The molecule has 2 fully saturated rings. The van der Waals surface area contributed by atoms with Gasteiger partial charge < -0.3 is 10.6 Å². The highest BCUT2D eigenvalue weighted by Crippen LogP contribution is 2.35. The van der Waals surface area contributed by atoms with Gasteiger partial charge in [-0.25, -0.2) is 14.4 Å². The molecule has 1 aromatic carbocycles. The third-order valence-electron chi connectivity index (χ3n) is 5.80. The fourth-order valence-corrected chi connectivity index (χ4v) is 4.43. The summed E-state index contributed by atoms with van der Waals surface area (Å²) in [5, 5.41) is 0. The zero-order valence-corrected chi connectivity index (χ0v) is 15.4. The molecule has 27 heavy (non-hydrogen) atoms. The van der Waals surface area contributed by atoms with Crippen LogP contribution < -0.4 is 5.73 Å². The van der Waals surface area contributed by atoms with Crippen LogP contribution in [0, 0.1) is 11.7 Å². The SMILES string of the molecule is Nc1ncc(-c2cccc(F)c2)c([C@@H]2CCCN(C(=O)C3CCCC3)C2)n1. The van der Waals surface area contributed by atoms with Crippen LogP contribution >= 0.6 is 0 Å². The fourth-order valence-electron chi connectivity index (χ4n) is 4.43. The Bertz CT molecular complexity index is 835. The van der Waals surface area contributed by atoms with E-state index in [0.717, 1.165) is 61.9 Å². The van der Waals surface area contributed by atoms with Gasteiger partial charge in [0.2, 0.25) is 11.9 Å². The highest BCUT2D eigenvalue weighted by atomic mass is 19.1. The monoisotopic (exact) mass is 368 g/mol. The Labute approximate surface area is 158 Å². The van der Waals surface area contributed by atoms with Crippen LogP contribution in [0.2, 0.25) is 0 Å². The summed E-state index contributed by atoms with van der Waals surface area (Å²) in [7, 11) is 0. The number of likely N-dealkylation sites (tertiary alicyclic amines) is 1. The molecule has 0 unspecified atom stereocenters. The molecule has 2 aliphatic rings. The van der Waals surface area contributed by atoms with Crippen LogP contribution in [-0.4, -0.2) is 33.9 Å². The Kier molecular flexibility index (Phi) is 5.05. The van der Waals surface area contributed by atoms with Crippen LogP contribution in [0.1, 0.15) is 50.1 Å². The van der Waals surface area contributed by atoms with E-state index in [4.69, 9.17) is 5.73 Å². The Morgan fingerprint density at radius 3 is 2.78 bits per heavy atom. The van der Waals surface area contributed by atoms with Crippen molar-refractivity contribution in [2.45, 2.75) is 44.4 Å². The number of rotatable bonds is 3. The maximum absolute atomic E-state index is 13.7. The average molecular weight is 368 g/mol. The molecule has 1 aliphatic heterocycles. The van der Waals surface area contributed by atoms with Crippen molar-refractivity contribution >= 4 is 11.9 Å². The van der Waals surface area contributed by atoms with E-state index in [2.05, 4.69) is 9.97 Å². The molecular weight excluding hydrogens is 343 g/mol. The van der Waals surface area contributed by atoms with E-state index in [-0.39, 0.29) is 29.5 Å². The number of carbonyl (C=O) groups excluding carboxylic acids is 1. The summed E-state index contributed by atoms with van der Waals surface area (Å²) >= 11 is 0. The second-order valence-corrected chi connectivity index (χ2v) is 7.64. The van der Waals surface area contributed by atoms with E-state index in [1.165, 1.54) is 12.1 Å². The van der Waals surface area contributed by atoms with Gasteiger partial charge in [-0.15, -0.1) is 0 Å². The number of benzene rings is 1. The number of hydrogen-bond acceptors (Lipinski definition) is 4. The molecule has 1 saturated heterocycles. The first-order valence-electron chi connectivity index (χ1n) is 9.79. The van der Waals surface area contributed by atoms with Crippen molar-refractivity contribution < 1.29 is 9.18 Å². The molecule has 1 atom stereocenters. The fraction of sp³-hybridized carbons (Fsp3) is 0.476. The number of nitrogens with zero attached hydrogens (tertiary/aromatic N) is 3. The quantitative estimate of drug-likeness (QED) is 0.895. The van der Waals surface area contributed by atoms with Gasteiger partial charge in [0, 0.05) is 36.7 Å². The molecule has 2 N–H and O–H groups in total. The van der Waals surface area contributed by atoms with Crippen LogP contribution in [0.5, 0.6) is 0 Å². The van der Waals surface area contributed by atoms with Gasteiger partial charge in [0.15, 0.2) is 0 Å². The summed E-state index contributed by atoms with van der Waals surface area (Å²) < 4.78 is 13.7. The number of nitrogens with two attached hydrogens (primary N) is 1. The standard InChI is InChI=1S/C21H25FN4O/c22-17-9-3-7-15(11-17)18-12-24-21(23)25-19(18)16-8-4-10-26(13-16)20(27)14-5-1-2-6-14/h3,7,9,11-12,14,16H,1-2,4-6,8,10,13H2,(H2,23,24,25)/t16-/m1/s1. The summed E-state index contributed by atoms with van der Waals surface area (Å²) in [4.78, 5) is 23.5. The molecule has 1 saturated carbocycles. The smallest absolute Gasteiger partial charge is 0.225 e. The molecule has 0 bridgehead atoms. The van der Waals surface area contributed by atoms with Gasteiger partial charge in [0.25, 0.3) is 0 Å². The largest absolute Gasteiger partial charge is 0.368 e. The minimum atomic E-state index is -0.294. The normalized spacial score (nSPS) is 20.8. The van der Waals surface area contributed by atoms with Gasteiger partial charge in [-0.3, -0.25) is 4.79 Å². The summed E-state index contributed by atoms with van der Waals surface area (Å²) in [6.07, 6.45) is 7.87. The first-order valence-corrected chi connectivity index (χ1v) is 9.79. The number of amides is 1. The van der Waals surface area contributed by atoms with Crippen LogP contribution in [0.15, 0.2) is 30.5 Å². The van der Waals surface area contributed by atoms with Crippen LogP contribution in [0.25, 0.3) is 11.1 Å². The van der Waals surface area contributed by atoms with Crippen molar-refractivity contribution in [1.29, 1.82) is 0 Å². The highest BCUT2D eigenvalue weighted by molar-refractivity contribution is 5.79. The third kappa shape index (κ3) is 3.80. The van der Waals surface area contributed by atoms with E-state index >= 15 is 0 Å². The van der Waals surface area contributed by atoms with E-state index in [1.54, 1.807) is 12.3 Å². The van der Waals surface area contributed by atoms with Crippen molar-refractivity contribution in [2.75, 3.05) is 18.8 Å². The van der Waals surface area contributed by atoms with Gasteiger partial charge >= 0.3 is 0 Å². The zero-order chi connectivity index (χ0) is 18.8. The number of aromatic nitrogens is 2. The maximum atomic E-state index is 13.7. The number of piperidine rings is 1. The lowest BCUT2D eigenvalue weighted by Crippen LogP contribution is -2.42. The molecule has 1 aliphatic carbocycles. The number of anilines is 1. The van der Waals surface area contributed by atoms with E-state index in [0.29, 0.717) is 6.54 Å². The van der Waals surface area contributed by atoms with Gasteiger partial charge in [-0.05, 0) is 43.4 Å². The Morgan fingerprint density at radius 2 is 2.00 bits per heavy atom. The van der Waals surface area contributed by atoms with Crippen molar-refractivity contribution in [1.82, 2.24) is 14.9 Å². The van der Waals surface area contributed by atoms with Gasteiger partial charge in [-0.2, -0.15) is 0 Å². The number of nitrogen functional groups attached to an aromatic ring is 1. The lowest BCUT2D eigenvalue weighted by Gasteiger charge is -2.34. The summed E-state index contributed by atoms with van der Waals surface area (Å²) in [5.74, 6) is 0.475. The van der Waals surface area contributed by atoms with E-state index < -0.39 is 0 Å². The summed E-state index contributed by atoms with van der Waals surface area (Å²) in [5.41, 5.74) is 8.21. The van der Waals surface area contributed by atoms with Crippen molar-refractivity contribution in [3.63, 3.8) is 0 Å². The molecule has 1 aromatic heterocycles. The Balaban J connectivity index is 1.62. The molecule has 0 spiro atoms. The van der Waals surface area contributed by atoms with Crippen LogP contribution in [0.3, 0.4) is 0 Å². The molecule has 2 aromatic rings. The lowest BCUT2D eigenvalue weighted by molar-refractivity contribution is -0.136. The lowest BCUT2D eigenvalue weighted by atomic mass is 9.89. The molecule has 5 nitrogen and oxygen atoms in total. The van der Waals surface area contributed by atoms with Gasteiger partial charge in [0.1, 0.15) is 5.82 Å². The first-order chi connectivity index (χ1) is 13.1. The molecule has 1 amide bonds. The van der Waals surface area contributed by atoms with Gasteiger partial charge in [-0.1, -0.05) is 25.0 Å². The predicted octanol–water partition coefficient (Wildman–Crippen LogP) is 3.76. The topological polar surface area (TPSA) is 72.1 Å². The van der Waals surface area contributed by atoms with Crippen molar-refractivity contribution in [3.8, 4) is 11.1 Å². The van der Waals surface area contributed by atoms with Gasteiger partial charge in [0.05, 0.1) is 5.69 Å². The number of carbonyl (C=O) groups is 1. The second-order valence-electron chi connectivity index (χ2n) is 7.64. The molecule has 0 radical (unpaired) electrons. The molecular formula is C21H25FN4O. The van der Waals surface area contributed by atoms with Crippen molar-refractivity contribution in [2.24, 2.45) is 5.92 Å². The molecule has 6 heteroatoms. The predicted molar refractivity (Wildman–Crippen MR) is 102 cm³/mol. The molecule has 142 valence electrons. The minimum Gasteiger partial charge on any atom is -0.368 e. The van der Waals surface area contributed by atoms with Crippen molar-refractivity contribution in [3.05, 3.63) is 42.0 Å². The first kappa shape index (κ1) is 17.9. The number of halogens is 1. The molecule has 4 rings (SSSR count). The Morgan fingerprint density at radius 1 is 1.19 bits per heavy atom. The highest BCUT2D eigenvalue weighted by Gasteiger charge is 2.32. The molecule has 2 heterocycles. The summed E-state index contributed by atoms with van der Waals surface area (Å²) in [6, 6.07) is 6.44. The van der Waals surface area contributed by atoms with Crippen LogP contribution in [0.4, 0.5) is 10.3 Å².